The first kappa shape index (κ1) is 14.6. The predicted octanol–water partition coefficient (Wildman–Crippen LogP) is 4.09. The highest BCUT2D eigenvalue weighted by atomic mass is 16.5. The standard InChI is InChI=1S/C18H23NO/c1-5-19-12-15-8-6-7-9-16(15)17-11-10-13(2)14(3)18(17)20-4/h6-11,19H,5,12H2,1-4H3. The molecule has 0 saturated carbocycles. The molecule has 2 aromatic carbocycles. The molecule has 0 aliphatic rings. The van der Waals surface area contributed by atoms with Gasteiger partial charge in [-0.1, -0.05) is 43.3 Å². The van der Waals surface area contributed by atoms with Gasteiger partial charge in [0.25, 0.3) is 0 Å². The van der Waals surface area contributed by atoms with Crippen molar-refractivity contribution in [1.29, 1.82) is 0 Å². The van der Waals surface area contributed by atoms with Gasteiger partial charge in [0.15, 0.2) is 0 Å². The molecule has 0 radical (unpaired) electrons. The lowest BCUT2D eigenvalue weighted by Gasteiger charge is -2.16. The van der Waals surface area contributed by atoms with Crippen molar-refractivity contribution in [3.8, 4) is 16.9 Å². The first-order valence-corrected chi connectivity index (χ1v) is 7.12. The Labute approximate surface area is 121 Å². The molecular formula is C18H23NO. The van der Waals surface area contributed by atoms with E-state index in [1.807, 2.05) is 0 Å². The molecule has 0 amide bonds. The summed E-state index contributed by atoms with van der Waals surface area (Å²) in [6.45, 7) is 8.21. The highest BCUT2D eigenvalue weighted by Crippen LogP contribution is 2.36. The van der Waals surface area contributed by atoms with Gasteiger partial charge >= 0.3 is 0 Å². The van der Waals surface area contributed by atoms with Crippen molar-refractivity contribution in [2.24, 2.45) is 0 Å². The van der Waals surface area contributed by atoms with Crippen LogP contribution >= 0.6 is 0 Å². The predicted molar refractivity (Wildman–Crippen MR) is 85.3 cm³/mol. The summed E-state index contributed by atoms with van der Waals surface area (Å²) in [4.78, 5) is 0. The lowest BCUT2D eigenvalue weighted by atomic mass is 9.95. The quantitative estimate of drug-likeness (QED) is 0.882. The summed E-state index contributed by atoms with van der Waals surface area (Å²) < 4.78 is 5.65. The van der Waals surface area contributed by atoms with E-state index >= 15 is 0 Å². The maximum Gasteiger partial charge on any atom is 0.129 e. The van der Waals surface area contributed by atoms with E-state index in [1.165, 1.54) is 27.8 Å². The number of rotatable bonds is 5. The van der Waals surface area contributed by atoms with Gasteiger partial charge in [0, 0.05) is 12.1 Å². The molecule has 106 valence electrons. The summed E-state index contributed by atoms with van der Waals surface area (Å²) in [7, 11) is 1.75. The molecule has 0 fully saturated rings. The minimum absolute atomic E-state index is 0.878. The third kappa shape index (κ3) is 2.86. The van der Waals surface area contributed by atoms with E-state index in [1.54, 1.807) is 7.11 Å². The van der Waals surface area contributed by atoms with E-state index in [0.29, 0.717) is 0 Å². The molecule has 1 N–H and O–H groups in total. The largest absolute Gasteiger partial charge is 0.496 e. The second-order valence-corrected chi connectivity index (χ2v) is 5.03. The van der Waals surface area contributed by atoms with Gasteiger partial charge in [0.2, 0.25) is 0 Å². The average Bonchev–Trinajstić information content (AvgIpc) is 2.48. The van der Waals surface area contributed by atoms with Gasteiger partial charge in [-0.3, -0.25) is 0 Å². The molecule has 2 rings (SSSR count). The number of nitrogens with one attached hydrogen (secondary N) is 1. The lowest BCUT2D eigenvalue weighted by Crippen LogP contribution is -2.12. The monoisotopic (exact) mass is 269 g/mol. The fourth-order valence-electron chi connectivity index (χ4n) is 2.46. The molecule has 2 nitrogen and oxygen atoms in total. The summed E-state index contributed by atoms with van der Waals surface area (Å²) >= 11 is 0. The molecule has 0 bridgehead atoms. The topological polar surface area (TPSA) is 21.3 Å². The van der Waals surface area contributed by atoms with Crippen molar-refractivity contribution in [2.45, 2.75) is 27.3 Å². The Bertz CT molecular complexity index is 590. The Morgan fingerprint density at radius 2 is 1.75 bits per heavy atom. The molecule has 0 saturated heterocycles. The Balaban J connectivity index is 2.54. The normalized spacial score (nSPS) is 10.6. The molecule has 0 spiro atoms. The summed E-state index contributed by atoms with van der Waals surface area (Å²) in [5.74, 6) is 0.981. The van der Waals surface area contributed by atoms with Crippen LogP contribution in [0, 0.1) is 13.8 Å². The number of hydrogen-bond acceptors (Lipinski definition) is 2. The Hall–Kier alpha value is -1.80. The van der Waals surface area contributed by atoms with Crippen LogP contribution in [0.5, 0.6) is 5.75 Å². The molecule has 0 aliphatic heterocycles. The maximum absolute atomic E-state index is 5.65. The van der Waals surface area contributed by atoms with Crippen LogP contribution in [-0.4, -0.2) is 13.7 Å². The summed E-state index contributed by atoms with van der Waals surface area (Å²) in [6, 6.07) is 12.8. The van der Waals surface area contributed by atoms with E-state index in [2.05, 4.69) is 62.5 Å². The number of aryl methyl sites for hydroxylation is 1. The van der Waals surface area contributed by atoms with Gasteiger partial charge in [-0.25, -0.2) is 0 Å². The van der Waals surface area contributed by atoms with Gasteiger partial charge in [-0.05, 0) is 42.6 Å². The van der Waals surface area contributed by atoms with Gasteiger partial charge in [-0.2, -0.15) is 0 Å². The molecule has 2 aromatic rings. The van der Waals surface area contributed by atoms with E-state index in [0.717, 1.165) is 18.8 Å². The highest BCUT2D eigenvalue weighted by molar-refractivity contribution is 5.75. The van der Waals surface area contributed by atoms with Crippen LogP contribution in [-0.2, 0) is 6.54 Å². The van der Waals surface area contributed by atoms with Crippen LogP contribution in [0.25, 0.3) is 11.1 Å². The van der Waals surface area contributed by atoms with Gasteiger partial charge < -0.3 is 10.1 Å². The zero-order valence-electron chi connectivity index (χ0n) is 12.8. The maximum atomic E-state index is 5.65. The zero-order valence-corrected chi connectivity index (χ0v) is 12.8. The van der Waals surface area contributed by atoms with Gasteiger partial charge in [-0.15, -0.1) is 0 Å². The Kier molecular flexibility index (Phi) is 4.80. The first-order chi connectivity index (χ1) is 9.69. The van der Waals surface area contributed by atoms with Crippen LogP contribution in [0.4, 0.5) is 0 Å². The fourth-order valence-corrected chi connectivity index (χ4v) is 2.46. The smallest absolute Gasteiger partial charge is 0.129 e. The van der Waals surface area contributed by atoms with Gasteiger partial charge in [0.05, 0.1) is 7.11 Å². The fraction of sp³-hybridized carbons (Fsp3) is 0.333. The minimum atomic E-state index is 0.878. The molecule has 0 unspecified atom stereocenters. The average molecular weight is 269 g/mol. The summed E-state index contributed by atoms with van der Waals surface area (Å²) in [5, 5.41) is 3.40. The van der Waals surface area contributed by atoms with Crippen molar-refractivity contribution in [3.63, 3.8) is 0 Å². The summed E-state index contributed by atoms with van der Waals surface area (Å²) in [6.07, 6.45) is 0. The second-order valence-electron chi connectivity index (χ2n) is 5.03. The zero-order chi connectivity index (χ0) is 14.5. The van der Waals surface area contributed by atoms with Crippen LogP contribution in [0.2, 0.25) is 0 Å². The van der Waals surface area contributed by atoms with Crippen molar-refractivity contribution < 1.29 is 4.74 Å². The molecule has 0 heterocycles. The van der Waals surface area contributed by atoms with Crippen LogP contribution in [0.15, 0.2) is 36.4 Å². The number of methoxy groups -OCH3 is 1. The van der Waals surface area contributed by atoms with Crippen LogP contribution in [0.1, 0.15) is 23.6 Å². The lowest BCUT2D eigenvalue weighted by molar-refractivity contribution is 0.413. The van der Waals surface area contributed by atoms with Crippen LogP contribution < -0.4 is 10.1 Å². The van der Waals surface area contributed by atoms with E-state index in [9.17, 15) is 0 Å². The molecule has 20 heavy (non-hydrogen) atoms. The SMILES string of the molecule is CCNCc1ccccc1-c1ccc(C)c(C)c1OC. The summed E-state index contributed by atoms with van der Waals surface area (Å²) in [5.41, 5.74) is 6.19. The van der Waals surface area contributed by atoms with Crippen LogP contribution in [0.3, 0.4) is 0 Å². The number of ether oxygens (including phenoxy) is 1. The third-order valence-corrected chi connectivity index (χ3v) is 3.75. The first-order valence-electron chi connectivity index (χ1n) is 7.12. The molecule has 0 atom stereocenters. The molecular weight excluding hydrogens is 246 g/mol. The van der Waals surface area contributed by atoms with E-state index in [-0.39, 0.29) is 0 Å². The van der Waals surface area contributed by atoms with Gasteiger partial charge in [0.1, 0.15) is 5.75 Å². The minimum Gasteiger partial charge on any atom is -0.496 e. The Morgan fingerprint density at radius 1 is 1.00 bits per heavy atom. The van der Waals surface area contributed by atoms with E-state index in [4.69, 9.17) is 4.74 Å². The molecule has 0 aromatic heterocycles. The third-order valence-electron chi connectivity index (χ3n) is 3.75. The number of benzene rings is 2. The van der Waals surface area contributed by atoms with Crippen molar-refractivity contribution in [1.82, 2.24) is 5.32 Å². The molecule has 2 heteroatoms. The number of hydrogen-bond donors (Lipinski definition) is 1. The van der Waals surface area contributed by atoms with Crippen molar-refractivity contribution >= 4 is 0 Å². The Morgan fingerprint density at radius 3 is 2.45 bits per heavy atom. The van der Waals surface area contributed by atoms with Crippen molar-refractivity contribution in [2.75, 3.05) is 13.7 Å². The molecule has 0 aliphatic carbocycles. The van der Waals surface area contributed by atoms with Crippen molar-refractivity contribution in [3.05, 3.63) is 53.1 Å². The van der Waals surface area contributed by atoms with E-state index < -0.39 is 0 Å². The second kappa shape index (κ2) is 6.58. The highest BCUT2D eigenvalue weighted by Gasteiger charge is 2.13.